The number of rotatable bonds is 6. The number of para-hydroxylation sites is 1. The van der Waals surface area contributed by atoms with E-state index in [0.717, 1.165) is 29.8 Å². The molecule has 2 aromatic rings. The average Bonchev–Trinajstić information content (AvgIpc) is 2.42. The SMILES string of the molecule is CCCc1cc(Oc2ccccc2CCO)ncn1. The van der Waals surface area contributed by atoms with Crippen LogP contribution >= 0.6 is 0 Å². The van der Waals surface area contributed by atoms with E-state index in [-0.39, 0.29) is 6.61 Å². The molecule has 4 heteroatoms. The predicted molar refractivity (Wildman–Crippen MR) is 73.3 cm³/mol. The second-order valence-corrected chi connectivity index (χ2v) is 4.28. The van der Waals surface area contributed by atoms with E-state index in [0.29, 0.717) is 12.3 Å². The van der Waals surface area contributed by atoms with E-state index >= 15 is 0 Å². The van der Waals surface area contributed by atoms with Gasteiger partial charge in [0.2, 0.25) is 5.88 Å². The number of hydrogen-bond acceptors (Lipinski definition) is 4. The summed E-state index contributed by atoms with van der Waals surface area (Å²) in [5.74, 6) is 1.28. The third-order valence-electron chi connectivity index (χ3n) is 2.77. The van der Waals surface area contributed by atoms with E-state index in [1.54, 1.807) is 0 Å². The van der Waals surface area contributed by atoms with Gasteiger partial charge in [-0.2, -0.15) is 0 Å². The minimum Gasteiger partial charge on any atom is -0.439 e. The Morgan fingerprint density at radius 1 is 1.16 bits per heavy atom. The van der Waals surface area contributed by atoms with Crippen LogP contribution in [0.2, 0.25) is 0 Å². The van der Waals surface area contributed by atoms with E-state index in [2.05, 4.69) is 16.9 Å². The number of aliphatic hydroxyl groups is 1. The fourth-order valence-corrected chi connectivity index (χ4v) is 1.87. The number of nitrogens with zero attached hydrogens (tertiary/aromatic N) is 2. The van der Waals surface area contributed by atoms with Crippen molar-refractivity contribution in [3.63, 3.8) is 0 Å². The Labute approximate surface area is 113 Å². The molecule has 1 aromatic carbocycles. The zero-order valence-electron chi connectivity index (χ0n) is 11.0. The number of ether oxygens (including phenoxy) is 1. The zero-order chi connectivity index (χ0) is 13.5. The smallest absolute Gasteiger partial charge is 0.222 e. The van der Waals surface area contributed by atoms with Gasteiger partial charge in [0.1, 0.15) is 12.1 Å². The summed E-state index contributed by atoms with van der Waals surface area (Å²) in [6.45, 7) is 2.21. The molecule has 1 heterocycles. The van der Waals surface area contributed by atoms with Gasteiger partial charge in [0.15, 0.2) is 0 Å². The van der Waals surface area contributed by atoms with E-state index in [4.69, 9.17) is 9.84 Å². The molecule has 2 rings (SSSR count). The van der Waals surface area contributed by atoms with E-state index in [9.17, 15) is 0 Å². The normalized spacial score (nSPS) is 10.4. The van der Waals surface area contributed by atoms with E-state index < -0.39 is 0 Å². The highest BCUT2D eigenvalue weighted by Crippen LogP contribution is 2.24. The Bertz CT molecular complexity index is 529. The first-order valence-electron chi connectivity index (χ1n) is 6.51. The third-order valence-corrected chi connectivity index (χ3v) is 2.77. The van der Waals surface area contributed by atoms with Gasteiger partial charge in [-0.15, -0.1) is 0 Å². The average molecular weight is 258 g/mol. The molecule has 0 aliphatic heterocycles. The van der Waals surface area contributed by atoms with Gasteiger partial charge in [0.05, 0.1) is 0 Å². The largest absolute Gasteiger partial charge is 0.439 e. The number of aromatic nitrogens is 2. The Morgan fingerprint density at radius 2 is 2.00 bits per heavy atom. The van der Waals surface area contributed by atoms with Crippen LogP contribution in [0.25, 0.3) is 0 Å². The number of benzene rings is 1. The van der Waals surface area contributed by atoms with Crippen LogP contribution in [0.5, 0.6) is 11.6 Å². The van der Waals surface area contributed by atoms with Gasteiger partial charge in [-0.1, -0.05) is 31.5 Å². The maximum Gasteiger partial charge on any atom is 0.222 e. The lowest BCUT2D eigenvalue weighted by Gasteiger charge is -2.09. The fourth-order valence-electron chi connectivity index (χ4n) is 1.87. The first-order chi connectivity index (χ1) is 9.33. The highest BCUT2D eigenvalue weighted by Gasteiger charge is 2.05. The molecule has 0 atom stereocenters. The Hall–Kier alpha value is -1.94. The van der Waals surface area contributed by atoms with Crippen molar-refractivity contribution in [1.29, 1.82) is 0 Å². The highest BCUT2D eigenvalue weighted by atomic mass is 16.5. The van der Waals surface area contributed by atoms with Gasteiger partial charge in [-0.05, 0) is 24.5 Å². The second kappa shape index (κ2) is 6.85. The van der Waals surface area contributed by atoms with Crippen molar-refractivity contribution < 1.29 is 9.84 Å². The summed E-state index contributed by atoms with van der Waals surface area (Å²) >= 11 is 0. The molecular weight excluding hydrogens is 240 g/mol. The molecule has 0 amide bonds. The lowest BCUT2D eigenvalue weighted by Crippen LogP contribution is -1.98. The lowest BCUT2D eigenvalue weighted by atomic mass is 10.1. The van der Waals surface area contributed by atoms with Crippen molar-refractivity contribution in [2.24, 2.45) is 0 Å². The number of aryl methyl sites for hydroxylation is 1. The minimum absolute atomic E-state index is 0.102. The Kier molecular flexibility index (Phi) is 4.86. The summed E-state index contributed by atoms with van der Waals surface area (Å²) in [4.78, 5) is 8.32. The van der Waals surface area contributed by atoms with Crippen molar-refractivity contribution in [2.45, 2.75) is 26.2 Å². The van der Waals surface area contributed by atoms with Gasteiger partial charge < -0.3 is 9.84 Å². The molecule has 0 saturated heterocycles. The van der Waals surface area contributed by atoms with Crippen molar-refractivity contribution in [2.75, 3.05) is 6.61 Å². The maximum absolute atomic E-state index is 9.04. The molecule has 0 fully saturated rings. The molecule has 0 aliphatic carbocycles. The molecule has 0 spiro atoms. The van der Waals surface area contributed by atoms with Gasteiger partial charge in [-0.25, -0.2) is 9.97 Å². The molecule has 0 bridgehead atoms. The van der Waals surface area contributed by atoms with Crippen LogP contribution in [-0.2, 0) is 12.8 Å². The summed E-state index contributed by atoms with van der Waals surface area (Å²) in [7, 11) is 0. The summed E-state index contributed by atoms with van der Waals surface area (Å²) in [5, 5.41) is 9.04. The van der Waals surface area contributed by atoms with E-state index in [1.807, 2.05) is 30.3 Å². The second-order valence-electron chi connectivity index (χ2n) is 4.28. The van der Waals surface area contributed by atoms with Crippen molar-refractivity contribution >= 4 is 0 Å². The van der Waals surface area contributed by atoms with Crippen LogP contribution in [0.15, 0.2) is 36.7 Å². The van der Waals surface area contributed by atoms with Gasteiger partial charge in [-0.3, -0.25) is 0 Å². The topological polar surface area (TPSA) is 55.2 Å². The van der Waals surface area contributed by atoms with Gasteiger partial charge in [0, 0.05) is 18.4 Å². The molecule has 0 unspecified atom stereocenters. The van der Waals surface area contributed by atoms with Crippen LogP contribution in [0.1, 0.15) is 24.6 Å². The summed E-state index contributed by atoms with van der Waals surface area (Å²) in [5.41, 5.74) is 1.95. The first-order valence-corrected chi connectivity index (χ1v) is 6.51. The molecule has 4 nitrogen and oxygen atoms in total. The zero-order valence-corrected chi connectivity index (χ0v) is 11.0. The molecule has 1 N–H and O–H groups in total. The molecule has 1 aromatic heterocycles. The van der Waals surface area contributed by atoms with Crippen molar-refractivity contribution in [3.8, 4) is 11.6 Å². The molecule has 0 aliphatic rings. The van der Waals surface area contributed by atoms with Gasteiger partial charge >= 0.3 is 0 Å². The van der Waals surface area contributed by atoms with Gasteiger partial charge in [0.25, 0.3) is 0 Å². The molecule has 100 valence electrons. The minimum atomic E-state index is 0.102. The van der Waals surface area contributed by atoms with Crippen molar-refractivity contribution in [1.82, 2.24) is 9.97 Å². The fraction of sp³-hybridized carbons (Fsp3) is 0.333. The predicted octanol–water partition coefficient (Wildman–Crippen LogP) is 2.76. The first kappa shape index (κ1) is 13.5. The Morgan fingerprint density at radius 3 is 2.79 bits per heavy atom. The molecular formula is C15H18N2O2. The molecule has 0 radical (unpaired) electrons. The van der Waals surface area contributed by atoms with Crippen LogP contribution in [-0.4, -0.2) is 21.7 Å². The highest BCUT2D eigenvalue weighted by molar-refractivity contribution is 5.36. The van der Waals surface area contributed by atoms with Crippen LogP contribution in [0.3, 0.4) is 0 Å². The Balaban J connectivity index is 2.18. The number of hydrogen-bond donors (Lipinski definition) is 1. The summed E-state index contributed by atoms with van der Waals surface area (Å²) in [6, 6.07) is 9.52. The molecule has 19 heavy (non-hydrogen) atoms. The van der Waals surface area contributed by atoms with Crippen molar-refractivity contribution in [3.05, 3.63) is 47.9 Å². The maximum atomic E-state index is 9.04. The van der Waals surface area contributed by atoms with E-state index in [1.165, 1.54) is 6.33 Å². The van der Waals surface area contributed by atoms with Crippen LogP contribution in [0, 0.1) is 0 Å². The summed E-state index contributed by atoms with van der Waals surface area (Å²) < 4.78 is 5.79. The lowest BCUT2D eigenvalue weighted by molar-refractivity contribution is 0.297. The molecule has 0 saturated carbocycles. The monoisotopic (exact) mass is 258 g/mol. The third kappa shape index (κ3) is 3.76. The standard InChI is InChI=1S/C15H18N2O2/c1-2-5-13-10-15(17-11-16-13)19-14-7-4-3-6-12(14)8-9-18/h3-4,6-7,10-11,18H,2,5,8-9H2,1H3. The quantitative estimate of drug-likeness (QED) is 0.865. The van der Waals surface area contributed by atoms with Crippen LogP contribution in [0.4, 0.5) is 0 Å². The van der Waals surface area contributed by atoms with Crippen LogP contribution < -0.4 is 4.74 Å². The summed E-state index contributed by atoms with van der Waals surface area (Å²) in [6.07, 6.45) is 4.05. The number of aliphatic hydroxyl groups excluding tert-OH is 1.